The highest BCUT2D eigenvalue weighted by Crippen LogP contribution is 2.40. The lowest BCUT2D eigenvalue weighted by atomic mass is 9.82. The number of carbonyl (C=O) groups is 2. The average molecular weight is 296 g/mol. The van der Waals surface area contributed by atoms with Gasteiger partial charge in [0.15, 0.2) is 16.6 Å². The van der Waals surface area contributed by atoms with Crippen molar-refractivity contribution in [1.82, 2.24) is 4.98 Å². The van der Waals surface area contributed by atoms with Gasteiger partial charge in [0.2, 0.25) is 0 Å². The van der Waals surface area contributed by atoms with Crippen molar-refractivity contribution < 1.29 is 14.7 Å². The Hall–Kier alpha value is -1.43. The second kappa shape index (κ2) is 5.52. The number of nitrogens with zero attached hydrogens (tertiary/aromatic N) is 2. The molecule has 0 saturated carbocycles. The lowest BCUT2D eigenvalue weighted by Crippen LogP contribution is -2.26. The highest BCUT2D eigenvalue weighted by molar-refractivity contribution is 7.17. The number of Topliss-reactive ketones (excluding diaryl/α,β-unsaturated/α-hetero) is 1. The Kier molecular flexibility index (Phi) is 4.13. The van der Waals surface area contributed by atoms with Gasteiger partial charge in [-0.1, -0.05) is 25.2 Å². The van der Waals surface area contributed by atoms with Gasteiger partial charge in [-0.25, -0.2) is 9.78 Å². The van der Waals surface area contributed by atoms with Gasteiger partial charge in [0.05, 0.1) is 0 Å². The van der Waals surface area contributed by atoms with Gasteiger partial charge in [-0.3, -0.25) is 4.79 Å². The first kappa shape index (κ1) is 15.0. The van der Waals surface area contributed by atoms with E-state index in [1.807, 2.05) is 0 Å². The van der Waals surface area contributed by atoms with E-state index in [4.69, 9.17) is 5.11 Å². The number of rotatable bonds is 5. The number of aromatic nitrogens is 1. The number of carboxylic acids is 1. The molecule has 20 heavy (non-hydrogen) atoms. The van der Waals surface area contributed by atoms with E-state index in [1.54, 1.807) is 0 Å². The fourth-order valence-electron chi connectivity index (χ4n) is 2.75. The van der Waals surface area contributed by atoms with Crippen molar-refractivity contribution in [3.05, 3.63) is 10.6 Å². The second-order valence-corrected chi connectivity index (χ2v) is 6.39. The summed E-state index contributed by atoms with van der Waals surface area (Å²) in [5.41, 5.74) is 0.189. The third-order valence-corrected chi connectivity index (χ3v) is 5.56. The van der Waals surface area contributed by atoms with Gasteiger partial charge in [-0.15, -0.1) is 0 Å². The van der Waals surface area contributed by atoms with E-state index >= 15 is 0 Å². The van der Waals surface area contributed by atoms with E-state index in [1.165, 1.54) is 18.3 Å². The fourth-order valence-corrected chi connectivity index (χ4v) is 3.73. The van der Waals surface area contributed by atoms with Crippen LogP contribution in [0.2, 0.25) is 0 Å². The number of thiazole rings is 1. The van der Waals surface area contributed by atoms with Crippen LogP contribution < -0.4 is 4.90 Å². The molecule has 5 nitrogen and oxygen atoms in total. The summed E-state index contributed by atoms with van der Waals surface area (Å²) < 4.78 is 0. The summed E-state index contributed by atoms with van der Waals surface area (Å²) in [5.74, 6) is -1.36. The Morgan fingerprint density at radius 1 is 1.40 bits per heavy atom. The zero-order valence-corrected chi connectivity index (χ0v) is 12.9. The minimum absolute atomic E-state index is 0.108. The van der Waals surface area contributed by atoms with Crippen LogP contribution in [0.25, 0.3) is 0 Å². The zero-order chi connectivity index (χ0) is 14.9. The molecule has 0 aromatic carbocycles. The van der Waals surface area contributed by atoms with E-state index in [2.05, 4.69) is 23.7 Å². The van der Waals surface area contributed by atoms with Gasteiger partial charge in [-0.05, 0) is 24.7 Å². The van der Waals surface area contributed by atoms with Crippen LogP contribution in [0.5, 0.6) is 0 Å². The van der Waals surface area contributed by atoms with Crippen molar-refractivity contribution in [2.75, 3.05) is 18.0 Å². The molecule has 0 radical (unpaired) electrons. The largest absolute Gasteiger partial charge is 0.476 e. The van der Waals surface area contributed by atoms with Gasteiger partial charge in [0, 0.05) is 20.0 Å². The van der Waals surface area contributed by atoms with Gasteiger partial charge in [-0.2, -0.15) is 0 Å². The van der Waals surface area contributed by atoms with E-state index in [9.17, 15) is 9.59 Å². The molecule has 1 aromatic rings. The molecule has 0 aliphatic carbocycles. The van der Waals surface area contributed by atoms with Crippen LogP contribution >= 0.6 is 11.3 Å². The maximum atomic E-state index is 11.5. The van der Waals surface area contributed by atoms with Crippen molar-refractivity contribution in [1.29, 1.82) is 0 Å². The predicted molar refractivity (Wildman–Crippen MR) is 78.9 cm³/mol. The Morgan fingerprint density at radius 2 is 2.05 bits per heavy atom. The second-order valence-electron chi connectivity index (χ2n) is 5.41. The first-order chi connectivity index (χ1) is 9.42. The summed E-state index contributed by atoms with van der Waals surface area (Å²) in [5, 5.41) is 9.80. The van der Waals surface area contributed by atoms with Crippen LogP contribution in [0.15, 0.2) is 0 Å². The molecule has 1 fully saturated rings. The van der Waals surface area contributed by atoms with Crippen LogP contribution in [0.3, 0.4) is 0 Å². The molecule has 0 amide bonds. The Morgan fingerprint density at radius 3 is 2.45 bits per heavy atom. The molecule has 0 spiro atoms. The van der Waals surface area contributed by atoms with Crippen LogP contribution in [-0.2, 0) is 0 Å². The third-order valence-electron chi connectivity index (χ3n) is 4.35. The number of hydrogen-bond acceptors (Lipinski definition) is 5. The normalized spacial score (nSPS) is 17.4. The SMILES string of the molecule is CCC1(CC)CCN(c2nc(C(=O)O)c(C(C)=O)s2)C1. The summed E-state index contributed by atoms with van der Waals surface area (Å²) in [7, 11) is 0. The van der Waals surface area contributed by atoms with Gasteiger partial charge < -0.3 is 10.0 Å². The summed E-state index contributed by atoms with van der Waals surface area (Å²) in [6.45, 7) is 7.54. The Labute approximate surface area is 122 Å². The summed E-state index contributed by atoms with van der Waals surface area (Å²) in [6.07, 6.45) is 3.31. The lowest BCUT2D eigenvalue weighted by Gasteiger charge is -2.26. The third kappa shape index (κ3) is 2.57. The summed E-state index contributed by atoms with van der Waals surface area (Å²) >= 11 is 1.20. The highest BCUT2D eigenvalue weighted by atomic mass is 32.1. The minimum atomic E-state index is -1.13. The molecule has 0 bridgehead atoms. The monoisotopic (exact) mass is 296 g/mol. The van der Waals surface area contributed by atoms with Gasteiger partial charge in [0.1, 0.15) is 4.88 Å². The molecule has 1 aliphatic heterocycles. The fraction of sp³-hybridized carbons (Fsp3) is 0.643. The molecule has 1 aromatic heterocycles. The van der Waals surface area contributed by atoms with Gasteiger partial charge >= 0.3 is 5.97 Å². The van der Waals surface area contributed by atoms with Crippen LogP contribution in [-0.4, -0.2) is 34.9 Å². The predicted octanol–water partition coefficient (Wildman–Crippen LogP) is 3.06. The Balaban J connectivity index is 2.29. The van der Waals surface area contributed by atoms with Gasteiger partial charge in [0.25, 0.3) is 0 Å². The van der Waals surface area contributed by atoms with E-state index < -0.39 is 5.97 Å². The maximum Gasteiger partial charge on any atom is 0.356 e. The first-order valence-electron chi connectivity index (χ1n) is 6.92. The Bertz CT molecular complexity index is 503. The van der Waals surface area contributed by atoms with Crippen LogP contribution in [0.1, 0.15) is 60.2 Å². The topological polar surface area (TPSA) is 70.5 Å². The maximum absolute atomic E-state index is 11.5. The number of aromatic carboxylic acids is 1. The molecule has 2 rings (SSSR count). The molecular weight excluding hydrogens is 276 g/mol. The molecule has 2 heterocycles. The van der Waals surface area contributed by atoms with Crippen molar-refractivity contribution in [3.8, 4) is 0 Å². The highest BCUT2D eigenvalue weighted by Gasteiger charge is 2.36. The average Bonchev–Trinajstić information content (AvgIpc) is 3.03. The summed E-state index contributed by atoms with van der Waals surface area (Å²) in [6, 6.07) is 0. The van der Waals surface area contributed by atoms with E-state index in [-0.39, 0.29) is 16.4 Å². The molecule has 1 aliphatic rings. The molecule has 0 atom stereocenters. The molecule has 1 N–H and O–H groups in total. The number of anilines is 1. The zero-order valence-electron chi connectivity index (χ0n) is 12.1. The van der Waals surface area contributed by atoms with Crippen molar-refractivity contribution >= 4 is 28.2 Å². The quantitative estimate of drug-likeness (QED) is 0.846. The van der Waals surface area contributed by atoms with Crippen LogP contribution in [0.4, 0.5) is 5.13 Å². The number of carbonyl (C=O) groups excluding carboxylic acids is 1. The smallest absolute Gasteiger partial charge is 0.356 e. The van der Waals surface area contributed by atoms with Crippen molar-refractivity contribution in [3.63, 3.8) is 0 Å². The van der Waals surface area contributed by atoms with Crippen molar-refractivity contribution in [2.24, 2.45) is 5.41 Å². The minimum Gasteiger partial charge on any atom is -0.476 e. The van der Waals surface area contributed by atoms with E-state index in [0.29, 0.717) is 10.5 Å². The molecule has 0 unspecified atom stereocenters. The molecule has 1 saturated heterocycles. The number of carboxylic acid groups (broad SMARTS) is 1. The summed E-state index contributed by atoms with van der Waals surface area (Å²) in [4.78, 5) is 29.2. The number of hydrogen-bond donors (Lipinski definition) is 1. The van der Waals surface area contributed by atoms with Crippen LogP contribution in [0, 0.1) is 5.41 Å². The molecule has 110 valence electrons. The molecule has 6 heteroatoms. The molecular formula is C14H20N2O3S. The van der Waals surface area contributed by atoms with E-state index in [0.717, 1.165) is 32.4 Å². The lowest BCUT2D eigenvalue weighted by molar-refractivity contribution is 0.0687. The van der Waals surface area contributed by atoms with Crippen molar-refractivity contribution in [2.45, 2.75) is 40.0 Å². The number of ketones is 1. The standard InChI is InChI=1S/C14H20N2O3S/c1-4-14(5-2)6-7-16(8-14)13-15-10(12(18)19)11(20-13)9(3)17/h4-8H2,1-3H3,(H,18,19). The first-order valence-corrected chi connectivity index (χ1v) is 7.74.